The fraction of sp³-hybridized carbons (Fsp3) is 0.467. The Morgan fingerprint density at radius 3 is 2.50 bits per heavy atom. The van der Waals surface area contributed by atoms with Crippen LogP contribution in [-0.4, -0.2) is 14.8 Å². The van der Waals surface area contributed by atoms with Crippen LogP contribution in [0.5, 0.6) is 0 Å². The summed E-state index contributed by atoms with van der Waals surface area (Å²) in [5, 5.41) is 8.53. The Hall–Kier alpha value is -1.64. The normalized spacial score (nSPS) is 18.7. The summed E-state index contributed by atoms with van der Waals surface area (Å²) < 4.78 is 2.14. The average molecular weight is 241 g/mol. The zero-order valence-electron chi connectivity index (χ0n) is 10.8. The molecule has 3 nitrogen and oxygen atoms in total. The molecule has 0 bridgehead atoms. The largest absolute Gasteiger partial charge is 0.285 e. The maximum absolute atomic E-state index is 4.40. The summed E-state index contributed by atoms with van der Waals surface area (Å²) >= 11 is 0. The molecule has 0 unspecified atom stereocenters. The van der Waals surface area contributed by atoms with E-state index in [1.54, 1.807) is 0 Å². The van der Waals surface area contributed by atoms with Gasteiger partial charge in [0.25, 0.3) is 0 Å². The molecule has 1 heterocycles. The van der Waals surface area contributed by atoms with Gasteiger partial charge in [-0.2, -0.15) is 0 Å². The van der Waals surface area contributed by atoms with Crippen LogP contribution in [0.25, 0.3) is 5.69 Å². The van der Waals surface area contributed by atoms with Gasteiger partial charge in [-0.15, -0.1) is 10.2 Å². The number of para-hydroxylation sites is 1. The molecule has 3 rings (SSSR count). The van der Waals surface area contributed by atoms with Crippen molar-refractivity contribution in [3.8, 4) is 5.69 Å². The standard InChI is InChI=1S/C15H19N3/c1-15(10-6-3-7-11-15)14-17-16-12-18(14)13-8-4-2-5-9-13/h2,4-5,8-9,12H,3,6-7,10-11H2,1H3. The lowest BCUT2D eigenvalue weighted by molar-refractivity contribution is 0.300. The second-order valence-electron chi connectivity index (χ2n) is 5.48. The third kappa shape index (κ3) is 1.94. The zero-order valence-corrected chi connectivity index (χ0v) is 10.8. The summed E-state index contributed by atoms with van der Waals surface area (Å²) in [7, 11) is 0. The molecular weight excluding hydrogens is 222 g/mol. The number of nitrogens with zero attached hydrogens (tertiary/aromatic N) is 3. The Labute approximate surface area is 108 Å². The van der Waals surface area contributed by atoms with E-state index in [0.717, 1.165) is 11.5 Å². The topological polar surface area (TPSA) is 30.7 Å². The van der Waals surface area contributed by atoms with Gasteiger partial charge < -0.3 is 0 Å². The number of aromatic nitrogens is 3. The minimum atomic E-state index is 0.185. The average Bonchev–Trinajstić information content (AvgIpc) is 2.91. The molecule has 18 heavy (non-hydrogen) atoms. The first-order valence-electron chi connectivity index (χ1n) is 6.76. The minimum absolute atomic E-state index is 0.185. The van der Waals surface area contributed by atoms with Gasteiger partial charge in [-0.1, -0.05) is 44.4 Å². The molecule has 0 spiro atoms. The van der Waals surface area contributed by atoms with Gasteiger partial charge in [-0.3, -0.25) is 4.57 Å². The van der Waals surface area contributed by atoms with E-state index in [1.807, 2.05) is 12.4 Å². The van der Waals surface area contributed by atoms with Crippen molar-refractivity contribution in [2.75, 3.05) is 0 Å². The molecule has 1 aliphatic carbocycles. The SMILES string of the molecule is CC1(c2nncn2-c2ccccc2)CCCCC1. The molecule has 1 aromatic carbocycles. The molecule has 94 valence electrons. The third-order valence-corrected chi connectivity index (χ3v) is 4.08. The molecule has 0 atom stereocenters. The molecule has 1 aliphatic rings. The first-order valence-corrected chi connectivity index (χ1v) is 6.76. The summed E-state index contributed by atoms with van der Waals surface area (Å²) in [5.41, 5.74) is 1.34. The van der Waals surface area contributed by atoms with Crippen molar-refractivity contribution >= 4 is 0 Å². The molecule has 0 N–H and O–H groups in total. The van der Waals surface area contributed by atoms with Gasteiger partial charge in [0.15, 0.2) is 0 Å². The minimum Gasteiger partial charge on any atom is -0.285 e. The predicted molar refractivity (Wildman–Crippen MR) is 71.8 cm³/mol. The van der Waals surface area contributed by atoms with Gasteiger partial charge in [0.05, 0.1) is 0 Å². The van der Waals surface area contributed by atoms with Gasteiger partial charge >= 0.3 is 0 Å². The van der Waals surface area contributed by atoms with Crippen LogP contribution in [0, 0.1) is 0 Å². The molecule has 0 aliphatic heterocycles. The van der Waals surface area contributed by atoms with E-state index in [9.17, 15) is 0 Å². The van der Waals surface area contributed by atoms with Crippen LogP contribution in [-0.2, 0) is 5.41 Å². The maximum Gasteiger partial charge on any atom is 0.143 e. The number of hydrogen-bond donors (Lipinski definition) is 0. The molecular formula is C15H19N3. The molecule has 0 saturated heterocycles. The van der Waals surface area contributed by atoms with E-state index >= 15 is 0 Å². The summed E-state index contributed by atoms with van der Waals surface area (Å²) in [5.74, 6) is 1.12. The van der Waals surface area contributed by atoms with Crippen molar-refractivity contribution in [1.29, 1.82) is 0 Å². The summed E-state index contributed by atoms with van der Waals surface area (Å²) in [6.07, 6.45) is 8.24. The highest BCUT2D eigenvalue weighted by atomic mass is 15.3. The second-order valence-corrected chi connectivity index (χ2v) is 5.48. The van der Waals surface area contributed by atoms with Gasteiger partial charge in [0, 0.05) is 11.1 Å². The van der Waals surface area contributed by atoms with Crippen LogP contribution in [0.3, 0.4) is 0 Å². The van der Waals surface area contributed by atoms with Crippen molar-refractivity contribution in [2.45, 2.75) is 44.4 Å². The lowest BCUT2D eigenvalue weighted by Gasteiger charge is -2.32. The molecule has 3 heteroatoms. The fourth-order valence-electron chi connectivity index (χ4n) is 2.98. The molecule has 0 radical (unpaired) electrons. The summed E-state index contributed by atoms with van der Waals surface area (Å²) in [4.78, 5) is 0. The van der Waals surface area contributed by atoms with Crippen molar-refractivity contribution in [3.05, 3.63) is 42.5 Å². The molecule has 1 saturated carbocycles. The fourth-order valence-corrected chi connectivity index (χ4v) is 2.98. The monoisotopic (exact) mass is 241 g/mol. The quantitative estimate of drug-likeness (QED) is 0.805. The second kappa shape index (κ2) is 4.56. The van der Waals surface area contributed by atoms with Gasteiger partial charge in [0.2, 0.25) is 0 Å². The predicted octanol–water partition coefficient (Wildman–Crippen LogP) is 3.49. The Bertz CT molecular complexity index is 510. The lowest BCUT2D eigenvalue weighted by Crippen LogP contribution is -2.28. The molecule has 0 amide bonds. The Morgan fingerprint density at radius 2 is 1.78 bits per heavy atom. The number of hydrogen-bond acceptors (Lipinski definition) is 2. The van der Waals surface area contributed by atoms with E-state index in [1.165, 1.54) is 32.1 Å². The van der Waals surface area contributed by atoms with E-state index in [4.69, 9.17) is 0 Å². The first-order chi connectivity index (χ1) is 8.80. The third-order valence-electron chi connectivity index (χ3n) is 4.08. The highest BCUT2D eigenvalue weighted by molar-refractivity contribution is 5.33. The highest BCUT2D eigenvalue weighted by Gasteiger charge is 2.33. The number of benzene rings is 1. The van der Waals surface area contributed by atoms with Crippen LogP contribution in [0.4, 0.5) is 0 Å². The van der Waals surface area contributed by atoms with Crippen molar-refractivity contribution in [3.63, 3.8) is 0 Å². The Kier molecular flexibility index (Phi) is 2.90. The smallest absolute Gasteiger partial charge is 0.143 e. The maximum atomic E-state index is 4.40. The van der Waals surface area contributed by atoms with Crippen LogP contribution >= 0.6 is 0 Å². The van der Waals surface area contributed by atoms with Crippen molar-refractivity contribution < 1.29 is 0 Å². The molecule has 2 aromatic rings. The molecule has 1 aromatic heterocycles. The number of rotatable bonds is 2. The Morgan fingerprint density at radius 1 is 1.06 bits per heavy atom. The van der Waals surface area contributed by atoms with Crippen molar-refractivity contribution in [1.82, 2.24) is 14.8 Å². The van der Waals surface area contributed by atoms with Gasteiger partial charge in [-0.05, 0) is 25.0 Å². The van der Waals surface area contributed by atoms with Crippen LogP contribution in [0.1, 0.15) is 44.9 Å². The zero-order chi connectivity index (χ0) is 12.4. The first kappa shape index (κ1) is 11.5. The van der Waals surface area contributed by atoms with E-state index < -0.39 is 0 Å². The van der Waals surface area contributed by atoms with Crippen LogP contribution < -0.4 is 0 Å². The van der Waals surface area contributed by atoms with Gasteiger partial charge in [-0.25, -0.2) is 0 Å². The van der Waals surface area contributed by atoms with E-state index in [-0.39, 0.29) is 5.41 Å². The molecule has 1 fully saturated rings. The lowest BCUT2D eigenvalue weighted by atomic mass is 9.75. The van der Waals surface area contributed by atoms with Gasteiger partial charge in [0.1, 0.15) is 12.2 Å². The summed E-state index contributed by atoms with van der Waals surface area (Å²) in [6, 6.07) is 10.4. The van der Waals surface area contributed by atoms with E-state index in [0.29, 0.717) is 0 Å². The Balaban J connectivity index is 2.01. The van der Waals surface area contributed by atoms with Crippen LogP contribution in [0.15, 0.2) is 36.7 Å². The summed E-state index contributed by atoms with van der Waals surface area (Å²) in [6.45, 7) is 2.33. The van der Waals surface area contributed by atoms with Crippen molar-refractivity contribution in [2.24, 2.45) is 0 Å². The highest BCUT2D eigenvalue weighted by Crippen LogP contribution is 2.38. The van der Waals surface area contributed by atoms with E-state index in [2.05, 4.69) is 46.0 Å². The van der Waals surface area contributed by atoms with Crippen LogP contribution in [0.2, 0.25) is 0 Å².